The lowest BCUT2D eigenvalue weighted by molar-refractivity contribution is 0.112. The zero-order valence-corrected chi connectivity index (χ0v) is 7.73. The quantitative estimate of drug-likeness (QED) is 0.728. The van der Waals surface area contributed by atoms with Crippen molar-refractivity contribution in [3.63, 3.8) is 0 Å². The number of fused-ring (bicyclic) bond motifs is 1. The molecule has 0 saturated heterocycles. The Morgan fingerprint density at radius 3 is 2.71 bits per heavy atom. The van der Waals surface area contributed by atoms with E-state index < -0.39 is 0 Å². The first-order chi connectivity index (χ1) is 6.85. The van der Waals surface area contributed by atoms with Gasteiger partial charge in [-0.25, -0.2) is 0 Å². The summed E-state index contributed by atoms with van der Waals surface area (Å²) in [6.45, 7) is 0.461. The summed E-state index contributed by atoms with van der Waals surface area (Å²) in [7, 11) is 0. The van der Waals surface area contributed by atoms with Gasteiger partial charge >= 0.3 is 0 Å². The van der Waals surface area contributed by atoms with Crippen molar-refractivity contribution in [2.24, 2.45) is 5.73 Å². The molecule has 0 heterocycles. The molecule has 0 unspecified atom stereocenters. The summed E-state index contributed by atoms with van der Waals surface area (Å²) < 4.78 is 0. The third-order valence-electron chi connectivity index (χ3n) is 2.33. The van der Waals surface area contributed by atoms with Crippen molar-refractivity contribution in [2.75, 3.05) is 0 Å². The first-order valence-corrected chi connectivity index (χ1v) is 4.52. The fraction of sp³-hybridized carbons (Fsp3) is 0.0833. The highest BCUT2D eigenvalue weighted by Gasteiger charge is 2.01. The van der Waals surface area contributed by atoms with Gasteiger partial charge in [0, 0.05) is 12.1 Å². The van der Waals surface area contributed by atoms with Gasteiger partial charge in [0.05, 0.1) is 0 Å². The van der Waals surface area contributed by atoms with Crippen LogP contribution in [0.1, 0.15) is 15.9 Å². The molecule has 2 nitrogen and oxygen atoms in total. The summed E-state index contributed by atoms with van der Waals surface area (Å²) in [5.74, 6) is 0. The molecular formula is C12H11NO. The minimum Gasteiger partial charge on any atom is -0.326 e. The van der Waals surface area contributed by atoms with E-state index in [1.165, 1.54) is 0 Å². The van der Waals surface area contributed by atoms with Crippen LogP contribution in [0.3, 0.4) is 0 Å². The Hall–Kier alpha value is -1.67. The van der Waals surface area contributed by atoms with Crippen molar-refractivity contribution in [1.82, 2.24) is 0 Å². The summed E-state index contributed by atoms with van der Waals surface area (Å²) >= 11 is 0. The van der Waals surface area contributed by atoms with Gasteiger partial charge in [-0.05, 0) is 28.5 Å². The molecule has 0 aliphatic heterocycles. The highest BCUT2D eigenvalue weighted by atomic mass is 16.1. The molecule has 70 valence electrons. The van der Waals surface area contributed by atoms with Crippen LogP contribution in [0.15, 0.2) is 36.4 Å². The van der Waals surface area contributed by atoms with E-state index in [1.54, 1.807) is 0 Å². The molecule has 0 aliphatic rings. The summed E-state index contributed by atoms with van der Waals surface area (Å²) in [5, 5.41) is 2.19. The van der Waals surface area contributed by atoms with Crippen LogP contribution in [-0.4, -0.2) is 6.29 Å². The number of aldehydes is 1. The molecule has 0 amide bonds. The first-order valence-electron chi connectivity index (χ1n) is 4.52. The Morgan fingerprint density at radius 1 is 1.21 bits per heavy atom. The summed E-state index contributed by atoms with van der Waals surface area (Å²) in [6, 6.07) is 11.7. The zero-order valence-electron chi connectivity index (χ0n) is 7.73. The second kappa shape index (κ2) is 3.60. The molecule has 0 fully saturated rings. The minimum atomic E-state index is 0.461. The van der Waals surface area contributed by atoms with Gasteiger partial charge in [-0.3, -0.25) is 4.79 Å². The van der Waals surface area contributed by atoms with E-state index in [2.05, 4.69) is 0 Å². The Kier molecular flexibility index (Phi) is 2.29. The van der Waals surface area contributed by atoms with Gasteiger partial charge in [0.1, 0.15) is 6.29 Å². The lowest BCUT2D eigenvalue weighted by Gasteiger charge is -2.04. The summed E-state index contributed by atoms with van der Waals surface area (Å²) in [4.78, 5) is 10.7. The van der Waals surface area contributed by atoms with Crippen LogP contribution < -0.4 is 5.73 Å². The fourth-order valence-electron chi connectivity index (χ4n) is 1.65. The van der Waals surface area contributed by atoms with Crippen molar-refractivity contribution in [3.05, 3.63) is 47.5 Å². The Bertz CT molecular complexity index is 477. The topological polar surface area (TPSA) is 43.1 Å². The molecule has 2 aromatic rings. The molecule has 0 saturated carbocycles. The standard InChI is InChI=1S/C12H11NO/c13-7-11-6-9(8-14)5-10-3-1-2-4-12(10)11/h1-6,8H,7,13H2. The van der Waals surface area contributed by atoms with E-state index in [-0.39, 0.29) is 0 Å². The first kappa shape index (κ1) is 8.91. The van der Waals surface area contributed by atoms with Crippen LogP contribution >= 0.6 is 0 Å². The molecule has 2 aromatic carbocycles. The van der Waals surface area contributed by atoms with Crippen molar-refractivity contribution in [1.29, 1.82) is 0 Å². The number of hydrogen-bond donors (Lipinski definition) is 1. The number of nitrogens with two attached hydrogens (primary N) is 1. The van der Waals surface area contributed by atoms with Gasteiger partial charge in [-0.2, -0.15) is 0 Å². The van der Waals surface area contributed by atoms with E-state index in [1.807, 2.05) is 36.4 Å². The molecule has 0 atom stereocenters. The summed E-state index contributed by atoms with van der Waals surface area (Å²) in [6.07, 6.45) is 0.853. The van der Waals surface area contributed by atoms with Gasteiger partial charge < -0.3 is 5.73 Å². The lowest BCUT2D eigenvalue weighted by atomic mass is 10.0. The summed E-state index contributed by atoms with van der Waals surface area (Å²) in [5.41, 5.74) is 7.33. The predicted octanol–water partition coefficient (Wildman–Crippen LogP) is 2.11. The molecule has 0 aliphatic carbocycles. The fourth-order valence-corrected chi connectivity index (χ4v) is 1.65. The van der Waals surface area contributed by atoms with E-state index in [4.69, 9.17) is 5.73 Å². The molecule has 2 rings (SSSR count). The third kappa shape index (κ3) is 1.40. The molecule has 2 N–H and O–H groups in total. The van der Waals surface area contributed by atoms with Crippen LogP contribution in [0.25, 0.3) is 10.8 Å². The van der Waals surface area contributed by atoms with Crippen LogP contribution in [-0.2, 0) is 6.54 Å². The number of hydrogen-bond acceptors (Lipinski definition) is 2. The average molecular weight is 185 g/mol. The van der Waals surface area contributed by atoms with Gasteiger partial charge in [-0.1, -0.05) is 24.3 Å². The number of rotatable bonds is 2. The van der Waals surface area contributed by atoms with Crippen LogP contribution in [0, 0.1) is 0 Å². The highest BCUT2D eigenvalue weighted by molar-refractivity contribution is 5.91. The van der Waals surface area contributed by atoms with E-state index in [9.17, 15) is 4.79 Å². The monoisotopic (exact) mass is 185 g/mol. The largest absolute Gasteiger partial charge is 0.326 e. The van der Waals surface area contributed by atoms with Gasteiger partial charge in [0.2, 0.25) is 0 Å². The molecule has 0 spiro atoms. The second-order valence-electron chi connectivity index (χ2n) is 3.22. The number of benzene rings is 2. The third-order valence-corrected chi connectivity index (χ3v) is 2.33. The maximum atomic E-state index is 10.7. The smallest absolute Gasteiger partial charge is 0.150 e. The molecule has 0 radical (unpaired) electrons. The predicted molar refractivity (Wildman–Crippen MR) is 57.2 cm³/mol. The van der Waals surface area contributed by atoms with Crippen molar-refractivity contribution < 1.29 is 4.79 Å². The van der Waals surface area contributed by atoms with Gasteiger partial charge in [0.25, 0.3) is 0 Å². The average Bonchev–Trinajstić information content (AvgIpc) is 2.27. The highest BCUT2D eigenvalue weighted by Crippen LogP contribution is 2.19. The van der Waals surface area contributed by atoms with Crippen LogP contribution in [0.4, 0.5) is 0 Å². The molecule has 0 bridgehead atoms. The molecule has 2 heteroatoms. The van der Waals surface area contributed by atoms with E-state index >= 15 is 0 Å². The maximum Gasteiger partial charge on any atom is 0.150 e. The van der Waals surface area contributed by atoms with Crippen molar-refractivity contribution in [3.8, 4) is 0 Å². The lowest BCUT2D eigenvalue weighted by Crippen LogP contribution is -1.98. The van der Waals surface area contributed by atoms with Gasteiger partial charge in [0.15, 0.2) is 0 Å². The Morgan fingerprint density at radius 2 is 2.00 bits per heavy atom. The molecular weight excluding hydrogens is 174 g/mol. The SMILES string of the molecule is NCc1cc(C=O)cc2ccccc12. The maximum absolute atomic E-state index is 10.7. The van der Waals surface area contributed by atoms with E-state index in [0.29, 0.717) is 12.1 Å². The van der Waals surface area contributed by atoms with Gasteiger partial charge in [-0.15, -0.1) is 0 Å². The molecule has 0 aromatic heterocycles. The minimum absolute atomic E-state index is 0.461. The number of carbonyl (C=O) groups excluding carboxylic acids is 1. The van der Waals surface area contributed by atoms with Crippen molar-refractivity contribution in [2.45, 2.75) is 6.54 Å². The Labute approximate surface area is 82.3 Å². The van der Waals surface area contributed by atoms with E-state index in [0.717, 1.165) is 22.6 Å². The number of carbonyl (C=O) groups is 1. The molecule has 14 heavy (non-hydrogen) atoms. The van der Waals surface area contributed by atoms with Crippen LogP contribution in [0.2, 0.25) is 0 Å². The van der Waals surface area contributed by atoms with Crippen LogP contribution in [0.5, 0.6) is 0 Å². The zero-order chi connectivity index (χ0) is 9.97. The second-order valence-corrected chi connectivity index (χ2v) is 3.22. The Balaban J connectivity index is 2.79. The van der Waals surface area contributed by atoms with Crippen molar-refractivity contribution >= 4 is 17.1 Å². The normalized spacial score (nSPS) is 10.4.